The van der Waals surface area contributed by atoms with E-state index in [2.05, 4.69) is 49.5 Å². The van der Waals surface area contributed by atoms with E-state index in [1.807, 2.05) is 0 Å². The van der Waals surface area contributed by atoms with Gasteiger partial charge in [-0.3, -0.25) is 0 Å². The van der Waals surface area contributed by atoms with Crippen LogP contribution in [-0.4, -0.2) is 23.1 Å². The minimum Gasteiger partial charge on any atom is -0.383 e. The standard InChI is InChI=1S/C16H28N4/c1-11(2)13-14(17)18-10-19-15(13)20-8-6-12(7-9-20)16(3,4)5/h10-12H,6-9H2,1-5H3,(H2,17,18,19). The topological polar surface area (TPSA) is 55.0 Å². The number of hydrogen-bond donors (Lipinski definition) is 1. The van der Waals surface area contributed by atoms with Crippen molar-refractivity contribution in [1.82, 2.24) is 9.97 Å². The molecule has 0 bridgehead atoms. The average molecular weight is 276 g/mol. The molecular weight excluding hydrogens is 248 g/mol. The van der Waals surface area contributed by atoms with Gasteiger partial charge in [0.1, 0.15) is 18.0 Å². The van der Waals surface area contributed by atoms with Gasteiger partial charge in [-0.25, -0.2) is 9.97 Å². The number of rotatable bonds is 2. The molecule has 0 atom stereocenters. The number of piperidine rings is 1. The summed E-state index contributed by atoms with van der Waals surface area (Å²) in [6, 6.07) is 0. The van der Waals surface area contributed by atoms with Crippen LogP contribution in [0.1, 0.15) is 58.9 Å². The van der Waals surface area contributed by atoms with Crippen molar-refractivity contribution >= 4 is 11.6 Å². The molecule has 1 aromatic heterocycles. The first kappa shape index (κ1) is 15.1. The Bertz CT molecular complexity index is 454. The van der Waals surface area contributed by atoms with Crippen LogP contribution in [0.15, 0.2) is 6.33 Å². The fraction of sp³-hybridized carbons (Fsp3) is 0.750. The summed E-state index contributed by atoms with van der Waals surface area (Å²) < 4.78 is 0. The van der Waals surface area contributed by atoms with Gasteiger partial charge < -0.3 is 10.6 Å². The molecule has 20 heavy (non-hydrogen) atoms. The Kier molecular flexibility index (Phi) is 4.21. The molecule has 1 aliphatic heterocycles. The predicted octanol–water partition coefficient (Wildman–Crippen LogP) is 3.44. The Labute approximate surface area is 122 Å². The summed E-state index contributed by atoms with van der Waals surface area (Å²) >= 11 is 0. The zero-order valence-corrected chi connectivity index (χ0v) is 13.5. The van der Waals surface area contributed by atoms with Gasteiger partial charge in [0, 0.05) is 18.7 Å². The third kappa shape index (κ3) is 3.05. The molecule has 0 aromatic carbocycles. The molecule has 4 nitrogen and oxygen atoms in total. The first-order chi connectivity index (χ1) is 9.30. The molecule has 2 rings (SSSR count). The van der Waals surface area contributed by atoms with Crippen molar-refractivity contribution in [2.75, 3.05) is 23.7 Å². The van der Waals surface area contributed by atoms with Crippen molar-refractivity contribution in [2.24, 2.45) is 11.3 Å². The Hall–Kier alpha value is -1.32. The molecule has 0 unspecified atom stereocenters. The molecule has 0 spiro atoms. The van der Waals surface area contributed by atoms with Gasteiger partial charge in [0.2, 0.25) is 0 Å². The van der Waals surface area contributed by atoms with Crippen LogP contribution in [0, 0.1) is 11.3 Å². The summed E-state index contributed by atoms with van der Waals surface area (Å²) in [7, 11) is 0. The zero-order valence-electron chi connectivity index (χ0n) is 13.5. The lowest BCUT2D eigenvalue weighted by Crippen LogP contribution is -2.39. The van der Waals surface area contributed by atoms with Crippen LogP contribution in [0.3, 0.4) is 0 Å². The lowest BCUT2D eigenvalue weighted by molar-refractivity contribution is 0.198. The Morgan fingerprint density at radius 1 is 1.20 bits per heavy atom. The minimum absolute atomic E-state index is 0.353. The van der Waals surface area contributed by atoms with E-state index in [4.69, 9.17) is 5.73 Å². The second-order valence-corrected chi connectivity index (χ2v) is 7.28. The highest BCUT2D eigenvalue weighted by atomic mass is 15.2. The molecule has 1 aromatic rings. The van der Waals surface area contributed by atoms with Crippen LogP contribution in [-0.2, 0) is 0 Å². The third-order valence-corrected chi connectivity index (χ3v) is 4.49. The van der Waals surface area contributed by atoms with Gasteiger partial charge in [-0.1, -0.05) is 34.6 Å². The maximum Gasteiger partial charge on any atom is 0.137 e. The lowest BCUT2D eigenvalue weighted by atomic mass is 9.75. The summed E-state index contributed by atoms with van der Waals surface area (Å²) in [5, 5.41) is 0. The fourth-order valence-corrected chi connectivity index (χ4v) is 3.16. The number of hydrogen-bond acceptors (Lipinski definition) is 4. The molecule has 0 aliphatic carbocycles. The smallest absolute Gasteiger partial charge is 0.137 e. The van der Waals surface area contributed by atoms with E-state index in [0.29, 0.717) is 17.2 Å². The molecule has 1 fully saturated rings. The molecule has 1 saturated heterocycles. The van der Waals surface area contributed by atoms with Crippen LogP contribution >= 0.6 is 0 Å². The van der Waals surface area contributed by atoms with E-state index in [0.717, 1.165) is 30.4 Å². The number of aromatic nitrogens is 2. The van der Waals surface area contributed by atoms with E-state index in [1.54, 1.807) is 6.33 Å². The van der Waals surface area contributed by atoms with Crippen LogP contribution in [0.5, 0.6) is 0 Å². The van der Waals surface area contributed by atoms with Crippen molar-refractivity contribution in [3.8, 4) is 0 Å². The van der Waals surface area contributed by atoms with Crippen LogP contribution < -0.4 is 10.6 Å². The summed E-state index contributed by atoms with van der Waals surface area (Å²) in [4.78, 5) is 11.0. The van der Waals surface area contributed by atoms with Gasteiger partial charge in [0.25, 0.3) is 0 Å². The molecule has 4 heteroatoms. The zero-order chi connectivity index (χ0) is 14.9. The first-order valence-electron chi connectivity index (χ1n) is 7.66. The normalized spacial score (nSPS) is 17.8. The maximum absolute atomic E-state index is 6.05. The summed E-state index contributed by atoms with van der Waals surface area (Å²) in [5.41, 5.74) is 7.55. The van der Waals surface area contributed by atoms with Gasteiger partial charge >= 0.3 is 0 Å². The number of nitrogens with two attached hydrogens (primary N) is 1. The maximum atomic E-state index is 6.05. The van der Waals surface area contributed by atoms with E-state index in [9.17, 15) is 0 Å². The minimum atomic E-state index is 0.353. The van der Waals surface area contributed by atoms with Crippen molar-refractivity contribution in [1.29, 1.82) is 0 Å². The highest BCUT2D eigenvalue weighted by molar-refractivity contribution is 5.58. The number of nitrogens with zero attached hydrogens (tertiary/aromatic N) is 3. The van der Waals surface area contributed by atoms with Gasteiger partial charge in [0.05, 0.1) is 0 Å². The van der Waals surface area contributed by atoms with Crippen LogP contribution in [0.25, 0.3) is 0 Å². The second-order valence-electron chi connectivity index (χ2n) is 7.28. The van der Waals surface area contributed by atoms with Crippen molar-refractivity contribution in [2.45, 2.75) is 53.4 Å². The molecule has 2 N–H and O–H groups in total. The van der Waals surface area contributed by atoms with Crippen molar-refractivity contribution in [3.63, 3.8) is 0 Å². The largest absolute Gasteiger partial charge is 0.383 e. The molecular formula is C16H28N4. The molecule has 1 aliphatic rings. The summed E-state index contributed by atoms with van der Waals surface area (Å²) in [5.74, 6) is 2.81. The molecule has 0 saturated carbocycles. The molecule has 0 amide bonds. The van der Waals surface area contributed by atoms with Crippen molar-refractivity contribution < 1.29 is 0 Å². The lowest BCUT2D eigenvalue weighted by Gasteiger charge is -2.40. The van der Waals surface area contributed by atoms with E-state index >= 15 is 0 Å². The monoisotopic (exact) mass is 276 g/mol. The Balaban J connectivity index is 2.17. The van der Waals surface area contributed by atoms with E-state index in [1.165, 1.54) is 12.8 Å². The van der Waals surface area contributed by atoms with Crippen molar-refractivity contribution in [3.05, 3.63) is 11.9 Å². The second kappa shape index (κ2) is 5.58. The fourth-order valence-electron chi connectivity index (χ4n) is 3.16. The molecule has 112 valence electrons. The van der Waals surface area contributed by atoms with Gasteiger partial charge in [0.15, 0.2) is 0 Å². The highest BCUT2D eigenvalue weighted by Crippen LogP contribution is 2.37. The Morgan fingerprint density at radius 3 is 2.30 bits per heavy atom. The highest BCUT2D eigenvalue weighted by Gasteiger charge is 2.30. The number of nitrogen functional groups attached to an aromatic ring is 1. The van der Waals surface area contributed by atoms with E-state index in [-0.39, 0.29) is 0 Å². The van der Waals surface area contributed by atoms with Gasteiger partial charge in [-0.05, 0) is 30.1 Å². The SMILES string of the molecule is CC(C)c1c(N)ncnc1N1CCC(C(C)(C)C)CC1. The third-order valence-electron chi connectivity index (χ3n) is 4.49. The Morgan fingerprint density at radius 2 is 1.80 bits per heavy atom. The summed E-state index contributed by atoms with van der Waals surface area (Å²) in [6.07, 6.45) is 4.04. The van der Waals surface area contributed by atoms with Gasteiger partial charge in [-0.15, -0.1) is 0 Å². The molecule has 0 radical (unpaired) electrons. The van der Waals surface area contributed by atoms with Crippen LogP contribution in [0.2, 0.25) is 0 Å². The average Bonchev–Trinajstić information content (AvgIpc) is 2.37. The van der Waals surface area contributed by atoms with E-state index < -0.39 is 0 Å². The predicted molar refractivity (Wildman–Crippen MR) is 84.9 cm³/mol. The van der Waals surface area contributed by atoms with Crippen LogP contribution in [0.4, 0.5) is 11.6 Å². The quantitative estimate of drug-likeness (QED) is 0.899. The summed E-state index contributed by atoms with van der Waals surface area (Å²) in [6.45, 7) is 13.5. The molecule has 2 heterocycles. The first-order valence-corrected chi connectivity index (χ1v) is 7.66. The van der Waals surface area contributed by atoms with Gasteiger partial charge in [-0.2, -0.15) is 0 Å². The number of anilines is 2.